The van der Waals surface area contributed by atoms with E-state index in [1.165, 1.54) is 10.6 Å². The molecule has 0 bridgehead atoms. The van der Waals surface area contributed by atoms with Gasteiger partial charge in [-0.2, -0.15) is 4.31 Å². The molecule has 0 spiro atoms. The number of piperidine rings is 2. The number of aromatic nitrogens is 3. The van der Waals surface area contributed by atoms with Crippen molar-refractivity contribution in [2.75, 3.05) is 32.9 Å². The fraction of sp³-hybridized carbons (Fsp3) is 0.824. The Labute approximate surface area is 161 Å². The quantitative estimate of drug-likeness (QED) is 0.727. The summed E-state index contributed by atoms with van der Waals surface area (Å²) in [5.74, 6) is 0.654. The fourth-order valence-corrected chi connectivity index (χ4v) is 5.63. The molecule has 2 saturated heterocycles. The average molecular weight is 399 g/mol. The Bertz CT molecular complexity index is 779. The van der Waals surface area contributed by atoms with Gasteiger partial charge in [-0.25, -0.2) is 8.42 Å². The van der Waals surface area contributed by atoms with E-state index in [9.17, 15) is 13.2 Å². The van der Waals surface area contributed by atoms with Crippen LogP contribution in [0.5, 0.6) is 0 Å². The lowest BCUT2D eigenvalue weighted by atomic mass is 9.68. The SMILES string of the molecule is CCCn1cnnc1CNC(=O)[C@@]12CCCN(S(C)(=O)=O)[C@H]1CN(C)CC2. The Morgan fingerprint density at radius 1 is 1.37 bits per heavy atom. The summed E-state index contributed by atoms with van der Waals surface area (Å²) in [6.45, 7) is 5.03. The maximum absolute atomic E-state index is 13.3. The molecular weight excluding hydrogens is 368 g/mol. The molecular formula is C17H30N6O3S. The van der Waals surface area contributed by atoms with Crippen molar-refractivity contribution in [2.24, 2.45) is 5.41 Å². The monoisotopic (exact) mass is 398 g/mol. The summed E-state index contributed by atoms with van der Waals surface area (Å²) in [5.41, 5.74) is -0.677. The van der Waals surface area contributed by atoms with Crippen molar-refractivity contribution in [3.8, 4) is 0 Å². The maximum Gasteiger partial charge on any atom is 0.228 e. The van der Waals surface area contributed by atoms with Gasteiger partial charge in [0.2, 0.25) is 15.9 Å². The first-order valence-electron chi connectivity index (χ1n) is 9.58. The third-order valence-corrected chi connectivity index (χ3v) is 7.15. The van der Waals surface area contributed by atoms with Gasteiger partial charge in [-0.3, -0.25) is 4.79 Å². The molecule has 1 N–H and O–H groups in total. The van der Waals surface area contributed by atoms with Crippen LogP contribution in [0, 0.1) is 5.41 Å². The summed E-state index contributed by atoms with van der Waals surface area (Å²) in [6, 6.07) is -0.325. The van der Waals surface area contributed by atoms with Crippen molar-refractivity contribution in [2.45, 2.75) is 51.7 Å². The Morgan fingerprint density at radius 3 is 2.85 bits per heavy atom. The highest BCUT2D eigenvalue weighted by Crippen LogP contribution is 2.43. The van der Waals surface area contributed by atoms with E-state index in [0.29, 0.717) is 38.9 Å². The number of likely N-dealkylation sites (tertiary alicyclic amines) is 1. The largest absolute Gasteiger partial charge is 0.348 e. The Balaban J connectivity index is 1.80. The first kappa shape index (κ1) is 20.2. The van der Waals surface area contributed by atoms with E-state index in [0.717, 1.165) is 25.3 Å². The molecule has 3 rings (SSSR count). The van der Waals surface area contributed by atoms with Crippen LogP contribution in [-0.4, -0.2) is 77.3 Å². The molecule has 2 aliphatic heterocycles. The third kappa shape index (κ3) is 4.02. The number of rotatable bonds is 6. The lowest BCUT2D eigenvalue weighted by molar-refractivity contribution is -0.141. The number of carbonyl (C=O) groups is 1. The molecule has 0 aliphatic carbocycles. The zero-order valence-electron chi connectivity index (χ0n) is 16.4. The molecule has 0 aromatic carbocycles. The summed E-state index contributed by atoms with van der Waals surface area (Å²) in [7, 11) is -1.39. The van der Waals surface area contributed by atoms with E-state index >= 15 is 0 Å². The minimum Gasteiger partial charge on any atom is -0.348 e. The van der Waals surface area contributed by atoms with Gasteiger partial charge in [0.05, 0.1) is 24.3 Å². The number of nitrogens with one attached hydrogen (secondary N) is 1. The van der Waals surface area contributed by atoms with E-state index < -0.39 is 15.4 Å². The van der Waals surface area contributed by atoms with E-state index in [1.807, 2.05) is 11.6 Å². The molecule has 0 saturated carbocycles. The molecule has 3 heterocycles. The van der Waals surface area contributed by atoms with E-state index in [1.54, 1.807) is 6.33 Å². The van der Waals surface area contributed by atoms with Crippen molar-refractivity contribution < 1.29 is 13.2 Å². The molecule has 2 aliphatic rings. The number of fused-ring (bicyclic) bond motifs is 1. The normalized spacial score (nSPS) is 27.3. The molecule has 1 amide bonds. The van der Waals surface area contributed by atoms with E-state index in [4.69, 9.17) is 0 Å². The standard InChI is InChI=1S/C17H30N6O3S/c1-4-8-22-13-19-20-15(22)11-18-16(24)17-6-5-9-23(27(3,25)26)14(17)12-21(2)10-7-17/h13-14H,4-12H2,1-3H3,(H,18,24)/t14-,17+/m0/s1. The van der Waals surface area contributed by atoms with Crippen molar-refractivity contribution in [3.05, 3.63) is 12.2 Å². The lowest BCUT2D eigenvalue weighted by Gasteiger charge is -2.52. The minimum absolute atomic E-state index is 0.0694. The van der Waals surface area contributed by atoms with Crippen molar-refractivity contribution >= 4 is 15.9 Å². The number of hydrogen-bond acceptors (Lipinski definition) is 6. The van der Waals surface area contributed by atoms with Crippen molar-refractivity contribution in [1.29, 1.82) is 0 Å². The predicted molar refractivity (Wildman–Crippen MR) is 101 cm³/mol. The summed E-state index contributed by atoms with van der Waals surface area (Å²) in [6.07, 6.45) is 5.95. The molecule has 1 aromatic heterocycles. The van der Waals surface area contributed by atoms with Gasteiger partial charge in [0, 0.05) is 19.6 Å². The van der Waals surface area contributed by atoms with Crippen molar-refractivity contribution in [3.63, 3.8) is 0 Å². The second-order valence-corrected chi connectivity index (χ2v) is 9.72. The molecule has 27 heavy (non-hydrogen) atoms. The van der Waals surface area contributed by atoms with Crippen molar-refractivity contribution in [1.82, 2.24) is 29.3 Å². The van der Waals surface area contributed by atoms with Gasteiger partial charge in [-0.1, -0.05) is 6.92 Å². The smallest absolute Gasteiger partial charge is 0.228 e. The van der Waals surface area contributed by atoms with Gasteiger partial charge < -0.3 is 14.8 Å². The number of likely N-dealkylation sites (N-methyl/N-ethyl adjacent to an activating group) is 1. The fourth-order valence-electron chi connectivity index (χ4n) is 4.44. The average Bonchev–Trinajstić information content (AvgIpc) is 3.05. The van der Waals surface area contributed by atoms with E-state index in [-0.39, 0.29) is 11.9 Å². The second kappa shape index (κ2) is 7.84. The maximum atomic E-state index is 13.3. The second-order valence-electron chi connectivity index (χ2n) is 7.78. The van der Waals surface area contributed by atoms with Gasteiger partial charge in [0.1, 0.15) is 6.33 Å². The van der Waals surface area contributed by atoms with Crippen LogP contribution < -0.4 is 5.32 Å². The highest BCUT2D eigenvalue weighted by molar-refractivity contribution is 7.88. The minimum atomic E-state index is -3.36. The number of amides is 1. The lowest BCUT2D eigenvalue weighted by Crippen LogP contribution is -2.66. The molecule has 2 fully saturated rings. The number of carbonyl (C=O) groups excluding carboxylic acids is 1. The Kier molecular flexibility index (Phi) is 5.87. The number of nitrogens with zero attached hydrogens (tertiary/aromatic N) is 5. The van der Waals surface area contributed by atoms with Crippen LogP contribution in [0.25, 0.3) is 0 Å². The first-order valence-corrected chi connectivity index (χ1v) is 11.4. The molecule has 0 unspecified atom stereocenters. The van der Waals surface area contributed by atoms with Gasteiger partial charge in [-0.15, -0.1) is 10.2 Å². The summed E-state index contributed by atoms with van der Waals surface area (Å²) in [5, 5.41) is 11.1. The van der Waals surface area contributed by atoms with Crippen LogP contribution in [0.15, 0.2) is 6.33 Å². The van der Waals surface area contributed by atoms with Crippen LogP contribution in [0.4, 0.5) is 0 Å². The van der Waals surface area contributed by atoms with Gasteiger partial charge >= 0.3 is 0 Å². The number of sulfonamides is 1. The van der Waals surface area contributed by atoms with Gasteiger partial charge in [0.15, 0.2) is 5.82 Å². The molecule has 9 nitrogen and oxygen atoms in total. The predicted octanol–water partition coefficient (Wildman–Crippen LogP) is 0.0502. The molecule has 1 aromatic rings. The zero-order valence-corrected chi connectivity index (χ0v) is 17.2. The van der Waals surface area contributed by atoms with Crippen LogP contribution in [0.2, 0.25) is 0 Å². The molecule has 10 heteroatoms. The Morgan fingerprint density at radius 2 is 2.15 bits per heavy atom. The van der Waals surface area contributed by atoms with Gasteiger partial charge in [0.25, 0.3) is 0 Å². The number of aryl methyl sites for hydroxylation is 1. The molecule has 152 valence electrons. The summed E-state index contributed by atoms with van der Waals surface area (Å²) < 4.78 is 28.1. The van der Waals surface area contributed by atoms with Crippen LogP contribution in [-0.2, 0) is 27.9 Å². The topological polar surface area (TPSA) is 100 Å². The van der Waals surface area contributed by atoms with Crippen LogP contribution >= 0.6 is 0 Å². The third-order valence-electron chi connectivity index (χ3n) is 5.86. The van der Waals surface area contributed by atoms with Crippen LogP contribution in [0.1, 0.15) is 38.4 Å². The zero-order chi connectivity index (χ0) is 19.7. The highest BCUT2D eigenvalue weighted by atomic mass is 32.2. The van der Waals surface area contributed by atoms with Gasteiger partial charge in [-0.05, 0) is 39.3 Å². The Hall–Kier alpha value is -1.52. The highest BCUT2D eigenvalue weighted by Gasteiger charge is 2.54. The molecule has 2 atom stereocenters. The first-order chi connectivity index (χ1) is 12.8. The number of hydrogen-bond donors (Lipinski definition) is 1. The summed E-state index contributed by atoms with van der Waals surface area (Å²) >= 11 is 0. The summed E-state index contributed by atoms with van der Waals surface area (Å²) in [4.78, 5) is 15.4. The van der Waals surface area contributed by atoms with Crippen LogP contribution in [0.3, 0.4) is 0 Å². The van der Waals surface area contributed by atoms with E-state index in [2.05, 4.69) is 27.3 Å². The molecule has 0 radical (unpaired) electrons.